The van der Waals surface area contributed by atoms with Gasteiger partial charge >= 0.3 is 0 Å². The van der Waals surface area contributed by atoms with Crippen LogP contribution in [0.3, 0.4) is 0 Å². The Balaban J connectivity index is 0. The molecule has 0 atom stereocenters. The number of carbonyl (C=O) groups is 2. The minimum Gasteiger partial charge on any atom is -0.512 e. The Morgan fingerprint density at radius 3 is 1.58 bits per heavy atom. The molecule has 0 aliphatic heterocycles. The summed E-state index contributed by atoms with van der Waals surface area (Å²) in [6.07, 6.45) is 6.09. The van der Waals surface area contributed by atoms with E-state index in [1.807, 2.05) is 24.5 Å². The van der Waals surface area contributed by atoms with E-state index in [4.69, 9.17) is 10.2 Å². The number of aryl methyl sites for hydroxylation is 2. The largest absolute Gasteiger partial charge is 0.512 e. The van der Waals surface area contributed by atoms with Crippen molar-refractivity contribution in [2.24, 2.45) is 0 Å². The normalized spacial score (nSPS) is 11.0. The first-order valence-corrected chi connectivity index (χ1v) is 22.8. The minimum atomic E-state index is -1.26. The van der Waals surface area contributed by atoms with Crippen LogP contribution in [-0.4, -0.2) is 47.9 Å². The van der Waals surface area contributed by atoms with Gasteiger partial charge in [-0.1, -0.05) is 63.0 Å². The van der Waals surface area contributed by atoms with Gasteiger partial charge in [-0.3, -0.25) is 9.59 Å². The van der Waals surface area contributed by atoms with Crippen molar-refractivity contribution in [1.82, 2.24) is 9.97 Å². The molecular formula is C40H52Ir2N2O4Si2-2. The first-order valence-electron chi connectivity index (χ1n) is 15.8. The van der Waals surface area contributed by atoms with E-state index in [-0.39, 0.29) is 63.3 Å². The number of aromatic nitrogens is 2. The molecule has 2 N–H and O–H groups in total. The van der Waals surface area contributed by atoms with E-state index in [1.54, 1.807) is 0 Å². The molecule has 4 rings (SSSR count). The Labute approximate surface area is 329 Å². The third-order valence-electron chi connectivity index (χ3n) is 6.55. The molecule has 0 saturated carbocycles. The fraction of sp³-hybridized carbons (Fsp3) is 0.300. The maximum Gasteiger partial charge on any atom is 0.155 e. The van der Waals surface area contributed by atoms with E-state index < -0.39 is 16.1 Å². The van der Waals surface area contributed by atoms with Gasteiger partial charge in [0.1, 0.15) is 0 Å². The van der Waals surface area contributed by atoms with Crippen LogP contribution in [0, 0.1) is 26.0 Å². The first-order chi connectivity index (χ1) is 22.2. The van der Waals surface area contributed by atoms with Gasteiger partial charge in [-0.25, -0.2) is 0 Å². The second-order valence-corrected chi connectivity index (χ2v) is 23.9. The molecule has 10 heteroatoms. The standard InChI is InChI=1S/2C15H18NSi.2C5H8O2.2Ir/c1-12-5-10-15(16-11-12)13-6-8-14(9-7-13)17(2,3)4;1-12-8-9-16-15(10-12)13-6-5-7-14(11-13)17(2,3)4;2*1-4(6)3-5(2)7;;/h5-6,8-11H,1-4H3;5,7-11H,1-4H3;2*3,6H,1-2H3;;/q2*-1;;;;. The zero-order valence-electron chi connectivity index (χ0n) is 31.4. The van der Waals surface area contributed by atoms with Crippen LogP contribution in [-0.2, 0) is 49.8 Å². The molecule has 0 aliphatic carbocycles. The van der Waals surface area contributed by atoms with Crippen LogP contribution in [0.15, 0.2) is 96.7 Å². The Morgan fingerprint density at radius 2 is 1.20 bits per heavy atom. The fourth-order valence-corrected chi connectivity index (χ4v) is 6.28. The fourth-order valence-electron chi connectivity index (χ4n) is 4.03. The molecule has 2 heterocycles. The number of rotatable bonds is 6. The molecule has 0 amide bonds. The van der Waals surface area contributed by atoms with Crippen molar-refractivity contribution in [2.45, 2.75) is 80.8 Å². The van der Waals surface area contributed by atoms with E-state index >= 15 is 0 Å². The zero-order valence-corrected chi connectivity index (χ0v) is 38.1. The number of carbonyl (C=O) groups excluding carboxylic acids is 2. The summed E-state index contributed by atoms with van der Waals surface area (Å²) in [6.45, 7) is 24.0. The van der Waals surface area contributed by atoms with Crippen molar-refractivity contribution in [1.29, 1.82) is 0 Å². The van der Waals surface area contributed by atoms with Crippen LogP contribution in [0.2, 0.25) is 39.3 Å². The maximum atomic E-state index is 10.0. The number of allylic oxidation sites excluding steroid dienone is 4. The van der Waals surface area contributed by atoms with Crippen molar-refractivity contribution >= 4 is 38.1 Å². The van der Waals surface area contributed by atoms with E-state index in [0.29, 0.717) is 0 Å². The third-order valence-corrected chi connectivity index (χ3v) is 10.6. The van der Waals surface area contributed by atoms with Gasteiger partial charge in [0.25, 0.3) is 0 Å². The quantitative estimate of drug-likeness (QED) is 0.0867. The number of hydrogen-bond donors (Lipinski definition) is 2. The number of aliphatic hydroxyl groups is 2. The summed E-state index contributed by atoms with van der Waals surface area (Å²) in [6, 6.07) is 27.8. The molecule has 2 radical (unpaired) electrons. The zero-order chi connectivity index (χ0) is 36.7. The summed E-state index contributed by atoms with van der Waals surface area (Å²) >= 11 is 0. The summed E-state index contributed by atoms with van der Waals surface area (Å²) in [5, 5.41) is 19.6. The molecule has 274 valence electrons. The van der Waals surface area contributed by atoms with Crippen LogP contribution in [0.1, 0.15) is 38.8 Å². The first kappa shape index (κ1) is 49.0. The van der Waals surface area contributed by atoms with Crippen LogP contribution in [0.4, 0.5) is 0 Å². The predicted octanol–water partition coefficient (Wildman–Crippen LogP) is 8.87. The van der Waals surface area contributed by atoms with Gasteiger partial charge in [-0.2, -0.15) is 0 Å². The summed E-state index contributed by atoms with van der Waals surface area (Å²) in [4.78, 5) is 28.9. The molecule has 2 aromatic carbocycles. The van der Waals surface area contributed by atoms with E-state index in [0.717, 1.165) is 22.5 Å². The molecule has 0 spiro atoms. The second-order valence-electron chi connectivity index (χ2n) is 13.7. The van der Waals surface area contributed by atoms with Crippen molar-refractivity contribution in [3.05, 3.63) is 120 Å². The monoisotopic (exact) mass is 1070 g/mol. The molecule has 50 heavy (non-hydrogen) atoms. The topological polar surface area (TPSA) is 100 Å². The van der Waals surface area contributed by atoms with Gasteiger partial charge in [-0.15, -0.1) is 70.0 Å². The maximum absolute atomic E-state index is 10.0. The molecular weight excluding hydrogens is 1010 g/mol. The van der Waals surface area contributed by atoms with Gasteiger partial charge in [0.05, 0.1) is 19.6 Å². The Bertz CT molecular complexity index is 1660. The number of benzene rings is 2. The van der Waals surface area contributed by atoms with Crippen LogP contribution < -0.4 is 10.4 Å². The molecule has 2 aromatic heterocycles. The molecule has 0 fully saturated rings. The minimum absolute atomic E-state index is 0. The van der Waals surface area contributed by atoms with E-state index in [9.17, 15) is 9.59 Å². The summed E-state index contributed by atoms with van der Waals surface area (Å²) in [5.74, 6) is -0.125. The smallest absolute Gasteiger partial charge is 0.155 e. The van der Waals surface area contributed by atoms with Crippen LogP contribution in [0.25, 0.3) is 22.5 Å². The van der Waals surface area contributed by atoms with Gasteiger partial charge in [0.2, 0.25) is 0 Å². The number of aliphatic hydroxyl groups excluding tert-OH is 2. The van der Waals surface area contributed by atoms with Gasteiger partial charge in [-0.05, 0) is 64.6 Å². The predicted molar refractivity (Wildman–Crippen MR) is 207 cm³/mol. The number of ketones is 2. The second kappa shape index (κ2) is 23.4. The third kappa shape index (κ3) is 20.5. The average Bonchev–Trinajstić information content (AvgIpc) is 2.96. The summed E-state index contributed by atoms with van der Waals surface area (Å²) in [5.41, 5.74) is 6.62. The molecule has 0 saturated heterocycles. The molecule has 4 aromatic rings. The summed E-state index contributed by atoms with van der Waals surface area (Å²) in [7, 11) is -2.48. The molecule has 0 unspecified atom stereocenters. The van der Waals surface area contributed by atoms with Gasteiger partial charge in [0.15, 0.2) is 11.6 Å². The Kier molecular flexibility index (Phi) is 22.9. The van der Waals surface area contributed by atoms with Crippen molar-refractivity contribution in [3.8, 4) is 22.5 Å². The van der Waals surface area contributed by atoms with Crippen LogP contribution in [0.5, 0.6) is 0 Å². The summed E-state index contributed by atoms with van der Waals surface area (Å²) < 4.78 is 0. The van der Waals surface area contributed by atoms with Crippen molar-refractivity contribution in [2.75, 3.05) is 0 Å². The SMILES string of the molecule is CC(=O)C=C(C)O.CC(=O)C=C(C)O.Cc1ccc(-c2[c-]cc([Si](C)(C)C)cc2)nc1.Cc1ccnc(-c2[c-]ccc([Si](C)(C)C)c2)c1.[Ir].[Ir]. The van der Waals surface area contributed by atoms with E-state index in [2.05, 4.69) is 124 Å². The molecule has 0 bridgehead atoms. The van der Waals surface area contributed by atoms with Crippen molar-refractivity contribution < 1.29 is 60.0 Å². The number of nitrogens with zero attached hydrogens (tertiary/aromatic N) is 2. The van der Waals surface area contributed by atoms with Gasteiger partial charge in [0, 0.05) is 72.8 Å². The Morgan fingerprint density at radius 1 is 0.640 bits per heavy atom. The average molecular weight is 1070 g/mol. The molecule has 6 nitrogen and oxygen atoms in total. The van der Waals surface area contributed by atoms with Crippen molar-refractivity contribution in [3.63, 3.8) is 0 Å². The van der Waals surface area contributed by atoms with Gasteiger partial charge < -0.3 is 20.2 Å². The Hall–Kier alpha value is -3.11. The number of pyridine rings is 2. The number of hydrogen-bond acceptors (Lipinski definition) is 6. The molecule has 0 aliphatic rings. The van der Waals surface area contributed by atoms with E-state index in [1.165, 1.54) is 61.3 Å². The van der Waals surface area contributed by atoms with Crippen LogP contribution >= 0.6 is 0 Å².